The third-order valence-electron chi connectivity index (χ3n) is 3.31. The van der Waals surface area contributed by atoms with Gasteiger partial charge in [0.1, 0.15) is 0 Å². The lowest BCUT2D eigenvalue weighted by Gasteiger charge is -2.37. The van der Waals surface area contributed by atoms with Crippen molar-refractivity contribution in [2.24, 2.45) is 5.84 Å². The number of hydrazine groups is 1. The van der Waals surface area contributed by atoms with Gasteiger partial charge in [-0.15, -0.1) is 0 Å². The number of ether oxygens (including phenoxy) is 1. The Morgan fingerprint density at radius 2 is 2.20 bits per heavy atom. The third-order valence-corrected chi connectivity index (χ3v) is 4.65. The molecule has 0 bridgehead atoms. The van der Waals surface area contributed by atoms with Gasteiger partial charge in [0.15, 0.2) is 0 Å². The molecule has 0 aliphatic carbocycles. The topological polar surface area (TPSA) is 89.2 Å². The van der Waals surface area contributed by atoms with Crippen LogP contribution in [0, 0.1) is 0 Å². The van der Waals surface area contributed by atoms with E-state index in [2.05, 4.69) is 39.1 Å². The Hall–Kier alpha value is -1.28. The van der Waals surface area contributed by atoms with Crippen LogP contribution in [0.15, 0.2) is 0 Å². The van der Waals surface area contributed by atoms with Crippen LogP contribution < -0.4 is 20.9 Å². The summed E-state index contributed by atoms with van der Waals surface area (Å²) in [7, 11) is 0. The van der Waals surface area contributed by atoms with Crippen LogP contribution >= 0.6 is 11.8 Å². The summed E-state index contributed by atoms with van der Waals surface area (Å²) >= 11 is 1.97. The minimum Gasteiger partial charge on any atom is -0.463 e. The van der Waals surface area contributed by atoms with Gasteiger partial charge >= 0.3 is 6.01 Å². The van der Waals surface area contributed by atoms with E-state index in [1.54, 1.807) is 0 Å². The molecule has 1 aromatic rings. The van der Waals surface area contributed by atoms with Crippen LogP contribution in [0.5, 0.6) is 6.01 Å². The normalized spacial score (nSPS) is 22.7. The van der Waals surface area contributed by atoms with Gasteiger partial charge in [0.05, 0.1) is 6.61 Å². The molecule has 112 valence electrons. The van der Waals surface area contributed by atoms with E-state index in [4.69, 9.17) is 10.6 Å². The molecule has 1 aliphatic rings. The number of anilines is 2. The zero-order chi connectivity index (χ0) is 14.5. The molecule has 0 aromatic carbocycles. The summed E-state index contributed by atoms with van der Waals surface area (Å²) in [5, 5.41) is 0.537. The number of hydrogen-bond acceptors (Lipinski definition) is 8. The van der Waals surface area contributed by atoms with Gasteiger partial charge in [0.2, 0.25) is 11.9 Å². The predicted molar refractivity (Wildman–Crippen MR) is 82.2 cm³/mol. The maximum Gasteiger partial charge on any atom is 0.323 e. The van der Waals surface area contributed by atoms with E-state index in [-0.39, 0.29) is 0 Å². The van der Waals surface area contributed by atoms with Crippen LogP contribution in [-0.2, 0) is 0 Å². The molecule has 1 aromatic heterocycles. The fourth-order valence-electron chi connectivity index (χ4n) is 2.01. The lowest BCUT2D eigenvalue weighted by atomic mass is 10.2. The third kappa shape index (κ3) is 3.43. The molecule has 0 spiro atoms. The molecule has 1 saturated heterocycles. The molecule has 0 radical (unpaired) electrons. The molecule has 0 saturated carbocycles. The number of nitrogen functional groups attached to an aromatic ring is 1. The molecule has 2 atom stereocenters. The van der Waals surface area contributed by atoms with E-state index in [0.717, 1.165) is 18.7 Å². The van der Waals surface area contributed by atoms with Gasteiger partial charge < -0.3 is 9.64 Å². The first-order valence-corrected chi connectivity index (χ1v) is 7.94. The lowest BCUT2D eigenvalue weighted by Crippen LogP contribution is -2.45. The first kappa shape index (κ1) is 15.1. The molecule has 1 aliphatic heterocycles. The molecule has 3 N–H and O–H groups in total. The van der Waals surface area contributed by atoms with Crippen molar-refractivity contribution in [2.45, 2.75) is 38.5 Å². The van der Waals surface area contributed by atoms with Gasteiger partial charge in [-0.1, -0.05) is 13.8 Å². The van der Waals surface area contributed by atoms with E-state index in [1.807, 2.05) is 18.7 Å². The Balaban J connectivity index is 2.24. The molecule has 2 heterocycles. The summed E-state index contributed by atoms with van der Waals surface area (Å²) in [4.78, 5) is 15.0. The van der Waals surface area contributed by atoms with Gasteiger partial charge in [-0.25, -0.2) is 5.84 Å². The Bertz CT molecular complexity index is 446. The average Bonchev–Trinajstić information content (AvgIpc) is 2.47. The highest BCUT2D eigenvalue weighted by Crippen LogP contribution is 2.28. The first-order chi connectivity index (χ1) is 9.65. The maximum atomic E-state index is 5.50. The number of nitrogens with one attached hydrogen (secondary N) is 1. The molecule has 0 amide bonds. The van der Waals surface area contributed by atoms with Gasteiger partial charge in [0.25, 0.3) is 0 Å². The number of thioether (sulfide) groups is 1. The molecular weight excluding hydrogens is 276 g/mol. The van der Waals surface area contributed by atoms with E-state index in [9.17, 15) is 0 Å². The Labute approximate surface area is 123 Å². The second-order valence-electron chi connectivity index (χ2n) is 4.74. The van der Waals surface area contributed by atoms with E-state index in [1.165, 1.54) is 0 Å². The quantitative estimate of drug-likeness (QED) is 0.620. The molecule has 7 nitrogen and oxygen atoms in total. The van der Waals surface area contributed by atoms with Crippen molar-refractivity contribution in [3.63, 3.8) is 0 Å². The number of aromatic nitrogens is 3. The van der Waals surface area contributed by atoms with Crippen molar-refractivity contribution in [1.82, 2.24) is 15.0 Å². The molecule has 1 fully saturated rings. The zero-order valence-corrected chi connectivity index (χ0v) is 13.0. The summed E-state index contributed by atoms with van der Waals surface area (Å²) in [5.41, 5.74) is 2.48. The van der Waals surface area contributed by atoms with Crippen molar-refractivity contribution in [2.75, 3.05) is 29.2 Å². The van der Waals surface area contributed by atoms with E-state index in [0.29, 0.717) is 35.8 Å². The van der Waals surface area contributed by atoms with Gasteiger partial charge in [0, 0.05) is 23.6 Å². The molecule has 2 rings (SSSR count). The van der Waals surface area contributed by atoms with Crippen LogP contribution in [0.1, 0.15) is 27.2 Å². The zero-order valence-electron chi connectivity index (χ0n) is 12.2. The van der Waals surface area contributed by atoms with Gasteiger partial charge in [-0.2, -0.15) is 26.7 Å². The van der Waals surface area contributed by atoms with Crippen molar-refractivity contribution in [3.8, 4) is 6.01 Å². The van der Waals surface area contributed by atoms with Crippen LogP contribution in [0.3, 0.4) is 0 Å². The fraction of sp³-hybridized carbons (Fsp3) is 0.750. The van der Waals surface area contributed by atoms with Crippen LogP contribution in [0.25, 0.3) is 0 Å². The summed E-state index contributed by atoms with van der Waals surface area (Å²) in [6, 6.07) is 0.684. The summed E-state index contributed by atoms with van der Waals surface area (Å²) in [6.07, 6.45) is 0.903. The minimum absolute atomic E-state index is 0.322. The minimum atomic E-state index is 0.322. The number of rotatable bonds is 5. The fourth-order valence-corrected chi connectivity index (χ4v) is 3.11. The Morgan fingerprint density at radius 1 is 1.40 bits per heavy atom. The van der Waals surface area contributed by atoms with Gasteiger partial charge in [-0.05, 0) is 13.3 Å². The Kier molecular flexibility index (Phi) is 5.24. The summed E-state index contributed by atoms with van der Waals surface area (Å²) in [6.45, 7) is 7.94. The largest absolute Gasteiger partial charge is 0.463 e. The second-order valence-corrected chi connectivity index (χ2v) is 6.23. The summed E-state index contributed by atoms with van der Waals surface area (Å²) < 4.78 is 5.50. The SMILES string of the molecule is CCCOc1nc(NN)nc(N2CCSC(C)C2C)n1. The highest BCUT2D eigenvalue weighted by Gasteiger charge is 2.28. The lowest BCUT2D eigenvalue weighted by molar-refractivity contribution is 0.291. The molecule has 20 heavy (non-hydrogen) atoms. The molecule has 8 heteroatoms. The average molecular weight is 298 g/mol. The Morgan fingerprint density at radius 3 is 2.90 bits per heavy atom. The molecular formula is C12H22N6OS. The van der Waals surface area contributed by atoms with Crippen molar-refractivity contribution in [3.05, 3.63) is 0 Å². The van der Waals surface area contributed by atoms with E-state index >= 15 is 0 Å². The number of nitrogens with zero attached hydrogens (tertiary/aromatic N) is 4. The highest BCUT2D eigenvalue weighted by atomic mass is 32.2. The van der Waals surface area contributed by atoms with Crippen LogP contribution in [0.4, 0.5) is 11.9 Å². The highest BCUT2D eigenvalue weighted by molar-refractivity contribution is 8.00. The maximum absolute atomic E-state index is 5.50. The van der Waals surface area contributed by atoms with Crippen molar-refractivity contribution >= 4 is 23.7 Å². The molecule has 2 unspecified atom stereocenters. The standard InChI is InChI=1S/C12H22N6OS/c1-4-6-19-12-15-10(17-13)14-11(16-12)18-5-7-20-9(3)8(18)2/h8-9H,4-7,13H2,1-3H3,(H,14,15,16,17). The first-order valence-electron chi connectivity index (χ1n) is 6.89. The number of hydrogen-bond donors (Lipinski definition) is 2. The van der Waals surface area contributed by atoms with Crippen molar-refractivity contribution < 1.29 is 4.74 Å². The number of nitrogens with two attached hydrogens (primary N) is 1. The monoisotopic (exact) mass is 298 g/mol. The second kappa shape index (κ2) is 6.94. The van der Waals surface area contributed by atoms with E-state index < -0.39 is 0 Å². The van der Waals surface area contributed by atoms with Gasteiger partial charge in [-0.3, -0.25) is 5.43 Å². The predicted octanol–water partition coefficient (Wildman–Crippen LogP) is 1.28. The van der Waals surface area contributed by atoms with Crippen LogP contribution in [-0.4, -0.2) is 45.1 Å². The summed E-state index contributed by atoms with van der Waals surface area (Å²) in [5.74, 6) is 7.45. The smallest absolute Gasteiger partial charge is 0.323 e. The van der Waals surface area contributed by atoms with Crippen LogP contribution in [0.2, 0.25) is 0 Å². The van der Waals surface area contributed by atoms with Crippen molar-refractivity contribution in [1.29, 1.82) is 0 Å².